The summed E-state index contributed by atoms with van der Waals surface area (Å²) >= 11 is 1.48. The van der Waals surface area contributed by atoms with Gasteiger partial charge in [0.15, 0.2) is 0 Å². The second-order valence-corrected chi connectivity index (χ2v) is 7.18. The SMILES string of the molecule is CCNCc1cc(S(=O)(=O)NC2CC2C)cs1. The molecular formula is C11H18N2O2S2. The summed E-state index contributed by atoms with van der Waals surface area (Å²) < 4.78 is 26.7. The van der Waals surface area contributed by atoms with Crippen molar-refractivity contribution in [1.29, 1.82) is 0 Å². The molecule has 17 heavy (non-hydrogen) atoms. The molecule has 0 bridgehead atoms. The van der Waals surface area contributed by atoms with Gasteiger partial charge in [-0.05, 0) is 24.9 Å². The fraction of sp³-hybridized carbons (Fsp3) is 0.636. The fourth-order valence-electron chi connectivity index (χ4n) is 1.60. The number of nitrogens with one attached hydrogen (secondary N) is 2. The summed E-state index contributed by atoms with van der Waals surface area (Å²) in [6.07, 6.45) is 0.952. The lowest BCUT2D eigenvalue weighted by atomic mass is 10.4. The molecule has 2 unspecified atom stereocenters. The van der Waals surface area contributed by atoms with Gasteiger partial charge >= 0.3 is 0 Å². The van der Waals surface area contributed by atoms with Gasteiger partial charge in [-0.3, -0.25) is 0 Å². The molecule has 2 atom stereocenters. The van der Waals surface area contributed by atoms with E-state index in [1.165, 1.54) is 11.3 Å². The largest absolute Gasteiger partial charge is 0.312 e. The van der Waals surface area contributed by atoms with Gasteiger partial charge in [-0.25, -0.2) is 13.1 Å². The molecule has 2 rings (SSSR count). The topological polar surface area (TPSA) is 58.2 Å². The lowest BCUT2D eigenvalue weighted by Gasteiger charge is -2.02. The van der Waals surface area contributed by atoms with E-state index in [2.05, 4.69) is 17.0 Å². The summed E-state index contributed by atoms with van der Waals surface area (Å²) in [4.78, 5) is 1.45. The summed E-state index contributed by atoms with van der Waals surface area (Å²) in [5.74, 6) is 0.477. The number of thiophene rings is 1. The number of hydrogen-bond donors (Lipinski definition) is 2. The zero-order valence-corrected chi connectivity index (χ0v) is 11.7. The molecule has 1 saturated carbocycles. The monoisotopic (exact) mass is 274 g/mol. The average molecular weight is 274 g/mol. The molecule has 0 spiro atoms. The molecule has 1 aromatic rings. The van der Waals surface area contributed by atoms with Crippen LogP contribution in [0.2, 0.25) is 0 Å². The highest BCUT2D eigenvalue weighted by Crippen LogP contribution is 2.31. The summed E-state index contributed by atoms with van der Waals surface area (Å²) in [5, 5.41) is 4.90. The molecule has 0 aliphatic heterocycles. The standard InChI is InChI=1S/C11H18N2O2S2/c1-3-12-6-9-5-10(7-16-9)17(14,15)13-11-4-8(11)2/h5,7-8,11-13H,3-4,6H2,1-2H3. The predicted octanol–water partition coefficient (Wildman–Crippen LogP) is 1.54. The summed E-state index contributed by atoms with van der Waals surface area (Å²) in [7, 11) is -3.30. The molecule has 0 radical (unpaired) electrons. The van der Waals surface area contributed by atoms with Crippen LogP contribution in [0.3, 0.4) is 0 Å². The van der Waals surface area contributed by atoms with Crippen LogP contribution in [0.5, 0.6) is 0 Å². The van der Waals surface area contributed by atoms with Gasteiger partial charge in [0.25, 0.3) is 0 Å². The van der Waals surface area contributed by atoms with Gasteiger partial charge in [-0.15, -0.1) is 11.3 Å². The van der Waals surface area contributed by atoms with Crippen molar-refractivity contribution in [3.63, 3.8) is 0 Å². The molecule has 96 valence electrons. The average Bonchev–Trinajstić information content (AvgIpc) is 2.81. The minimum absolute atomic E-state index is 0.136. The van der Waals surface area contributed by atoms with E-state index in [1.54, 1.807) is 11.4 Å². The van der Waals surface area contributed by atoms with Crippen molar-refractivity contribution >= 4 is 21.4 Å². The molecular weight excluding hydrogens is 256 g/mol. The Balaban J connectivity index is 2.02. The molecule has 6 heteroatoms. The van der Waals surface area contributed by atoms with E-state index in [-0.39, 0.29) is 6.04 Å². The Labute approximate surface area is 106 Å². The molecule has 1 aliphatic carbocycles. The Kier molecular flexibility index (Phi) is 3.87. The maximum absolute atomic E-state index is 12.0. The zero-order valence-electron chi connectivity index (χ0n) is 10.1. The molecule has 1 heterocycles. The first-order valence-corrected chi connectivity index (χ1v) is 8.19. The molecule has 0 saturated heterocycles. The molecule has 0 aromatic carbocycles. The third-order valence-corrected chi connectivity index (χ3v) is 5.46. The van der Waals surface area contributed by atoms with Crippen molar-refractivity contribution in [2.24, 2.45) is 5.92 Å². The highest BCUT2D eigenvalue weighted by Gasteiger charge is 2.36. The zero-order chi connectivity index (χ0) is 12.5. The third kappa shape index (κ3) is 3.28. The Hall–Kier alpha value is -0.430. The van der Waals surface area contributed by atoms with Crippen molar-refractivity contribution in [1.82, 2.24) is 10.0 Å². The van der Waals surface area contributed by atoms with Gasteiger partial charge in [0.1, 0.15) is 0 Å². The Bertz CT molecular complexity index is 481. The number of hydrogen-bond acceptors (Lipinski definition) is 4. The van der Waals surface area contributed by atoms with Crippen LogP contribution in [0, 0.1) is 5.92 Å². The van der Waals surface area contributed by atoms with Crippen LogP contribution in [0.15, 0.2) is 16.3 Å². The second kappa shape index (κ2) is 5.06. The van der Waals surface area contributed by atoms with Gasteiger partial charge in [0, 0.05) is 22.8 Å². The van der Waals surface area contributed by atoms with Crippen molar-refractivity contribution < 1.29 is 8.42 Å². The van der Waals surface area contributed by atoms with E-state index in [4.69, 9.17) is 0 Å². The Morgan fingerprint density at radius 2 is 2.24 bits per heavy atom. The molecule has 1 aromatic heterocycles. The number of sulfonamides is 1. The van der Waals surface area contributed by atoms with Crippen LogP contribution in [-0.2, 0) is 16.6 Å². The lowest BCUT2D eigenvalue weighted by Crippen LogP contribution is -2.26. The van der Waals surface area contributed by atoms with Crippen LogP contribution >= 0.6 is 11.3 Å². The quantitative estimate of drug-likeness (QED) is 0.827. The number of rotatable bonds is 6. The summed E-state index contributed by atoms with van der Waals surface area (Å²) in [6.45, 7) is 5.70. The molecule has 0 amide bonds. The van der Waals surface area contributed by atoms with Crippen LogP contribution in [-0.4, -0.2) is 21.0 Å². The van der Waals surface area contributed by atoms with Crippen molar-refractivity contribution in [3.05, 3.63) is 16.3 Å². The lowest BCUT2D eigenvalue weighted by molar-refractivity contribution is 0.578. The van der Waals surface area contributed by atoms with E-state index >= 15 is 0 Å². The maximum Gasteiger partial charge on any atom is 0.241 e. The van der Waals surface area contributed by atoms with Crippen molar-refractivity contribution in [2.45, 2.75) is 37.8 Å². The minimum Gasteiger partial charge on any atom is -0.312 e. The first-order valence-electron chi connectivity index (χ1n) is 5.83. The van der Waals surface area contributed by atoms with Crippen molar-refractivity contribution in [2.75, 3.05) is 6.54 Å². The Morgan fingerprint density at radius 3 is 2.82 bits per heavy atom. The van der Waals surface area contributed by atoms with Gasteiger partial charge in [0.05, 0.1) is 4.90 Å². The maximum atomic E-state index is 12.0. The minimum atomic E-state index is -3.30. The van der Waals surface area contributed by atoms with E-state index in [9.17, 15) is 8.42 Å². The van der Waals surface area contributed by atoms with E-state index < -0.39 is 10.0 Å². The predicted molar refractivity (Wildman–Crippen MR) is 69.6 cm³/mol. The first kappa shape index (κ1) is 13.0. The van der Waals surface area contributed by atoms with Crippen LogP contribution in [0.4, 0.5) is 0 Å². The normalized spacial score (nSPS) is 23.9. The van der Waals surface area contributed by atoms with Crippen LogP contribution in [0.25, 0.3) is 0 Å². The smallest absolute Gasteiger partial charge is 0.241 e. The molecule has 2 N–H and O–H groups in total. The van der Waals surface area contributed by atoms with E-state index in [0.717, 1.165) is 24.4 Å². The van der Waals surface area contributed by atoms with Crippen LogP contribution in [0.1, 0.15) is 25.1 Å². The van der Waals surface area contributed by atoms with E-state index in [1.807, 2.05) is 6.92 Å². The fourth-order valence-corrected chi connectivity index (χ4v) is 4.20. The van der Waals surface area contributed by atoms with Crippen molar-refractivity contribution in [3.8, 4) is 0 Å². The van der Waals surface area contributed by atoms with Crippen LogP contribution < -0.4 is 10.0 Å². The third-order valence-electron chi connectivity index (χ3n) is 2.91. The van der Waals surface area contributed by atoms with Gasteiger partial charge in [-0.1, -0.05) is 13.8 Å². The summed E-state index contributed by atoms with van der Waals surface area (Å²) in [6, 6.07) is 1.89. The Morgan fingerprint density at radius 1 is 1.53 bits per heavy atom. The second-order valence-electron chi connectivity index (χ2n) is 4.47. The molecule has 1 aliphatic rings. The first-order chi connectivity index (χ1) is 8.03. The van der Waals surface area contributed by atoms with E-state index in [0.29, 0.717) is 10.8 Å². The molecule has 4 nitrogen and oxygen atoms in total. The molecule has 1 fully saturated rings. The van der Waals surface area contributed by atoms with Gasteiger partial charge < -0.3 is 5.32 Å². The highest BCUT2D eigenvalue weighted by atomic mass is 32.2. The summed E-state index contributed by atoms with van der Waals surface area (Å²) in [5.41, 5.74) is 0. The highest BCUT2D eigenvalue weighted by molar-refractivity contribution is 7.89. The van der Waals surface area contributed by atoms with Gasteiger partial charge in [0.2, 0.25) is 10.0 Å². The van der Waals surface area contributed by atoms with Gasteiger partial charge in [-0.2, -0.15) is 0 Å².